The first-order chi connectivity index (χ1) is 7.43. The van der Waals surface area contributed by atoms with Crippen molar-refractivity contribution in [3.05, 3.63) is 18.2 Å². The van der Waals surface area contributed by atoms with Gasteiger partial charge in [0.05, 0.1) is 6.33 Å². The predicted molar refractivity (Wildman–Crippen MR) is 59.8 cm³/mol. The van der Waals surface area contributed by atoms with E-state index in [1.54, 1.807) is 0 Å². The molecule has 1 aromatic heterocycles. The summed E-state index contributed by atoms with van der Waals surface area (Å²) < 4.78 is 2.37. The first kappa shape index (κ1) is 9.40. The van der Waals surface area contributed by atoms with Crippen molar-refractivity contribution in [3.63, 3.8) is 0 Å². The van der Waals surface area contributed by atoms with Crippen LogP contribution in [0.2, 0.25) is 0 Å². The second kappa shape index (κ2) is 3.97. The molecule has 1 saturated heterocycles. The molecular formula is C12H19N3. The van der Waals surface area contributed by atoms with Gasteiger partial charge in [-0.05, 0) is 44.7 Å². The molecule has 1 atom stereocenters. The van der Waals surface area contributed by atoms with Crippen molar-refractivity contribution in [2.75, 3.05) is 13.1 Å². The van der Waals surface area contributed by atoms with Gasteiger partial charge in [-0.1, -0.05) is 0 Å². The molecule has 1 aliphatic carbocycles. The molecule has 1 aromatic rings. The molecule has 3 rings (SSSR count). The molecule has 0 radical (unpaired) electrons. The monoisotopic (exact) mass is 205 g/mol. The molecular weight excluding hydrogens is 186 g/mol. The molecule has 2 heterocycles. The maximum atomic E-state index is 4.28. The Morgan fingerprint density at radius 2 is 2.33 bits per heavy atom. The van der Waals surface area contributed by atoms with E-state index in [1.165, 1.54) is 44.5 Å². The summed E-state index contributed by atoms with van der Waals surface area (Å²) in [5.74, 6) is 1.72. The van der Waals surface area contributed by atoms with Crippen molar-refractivity contribution < 1.29 is 0 Å². The van der Waals surface area contributed by atoms with E-state index in [4.69, 9.17) is 0 Å². The fourth-order valence-corrected chi connectivity index (χ4v) is 2.52. The molecule has 2 aliphatic rings. The van der Waals surface area contributed by atoms with Crippen LogP contribution in [0.4, 0.5) is 0 Å². The highest BCUT2D eigenvalue weighted by molar-refractivity contribution is 5.12. The van der Waals surface area contributed by atoms with Crippen LogP contribution in [0.15, 0.2) is 12.5 Å². The maximum absolute atomic E-state index is 4.28. The topological polar surface area (TPSA) is 29.9 Å². The molecule has 0 bridgehead atoms. The molecule has 1 aliphatic heterocycles. The molecule has 82 valence electrons. The zero-order valence-corrected chi connectivity index (χ0v) is 9.15. The van der Waals surface area contributed by atoms with Crippen molar-refractivity contribution in [1.82, 2.24) is 14.9 Å². The van der Waals surface area contributed by atoms with Crippen LogP contribution in [0.3, 0.4) is 0 Å². The summed E-state index contributed by atoms with van der Waals surface area (Å²) in [6.07, 6.45) is 9.48. The Balaban J connectivity index is 1.58. The van der Waals surface area contributed by atoms with Crippen LogP contribution in [-0.4, -0.2) is 22.6 Å². The third kappa shape index (κ3) is 2.07. The summed E-state index contributed by atoms with van der Waals surface area (Å²) in [5, 5.41) is 3.43. The number of hydrogen-bond donors (Lipinski definition) is 1. The van der Waals surface area contributed by atoms with Gasteiger partial charge in [-0.3, -0.25) is 0 Å². The number of hydrogen-bond acceptors (Lipinski definition) is 2. The predicted octanol–water partition coefficient (Wildman–Crippen LogP) is 1.76. The average Bonchev–Trinajstić information content (AvgIpc) is 2.81. The second-order valence-corrected chi connectivity index (χ2v) is 4.93. The lowest BCUT2D eigenvalue weighted by Crippen LogP contribution is -2.11. The van der Waals surface area contributed by atoms with Crippen molar-refractivity contribution in [1.29, 1.82) is 0 Å². The van der Waals surface area contributed by atoms with E-state index < -0.39 is 0 Å². The smallest absolute Gasteiger partial charge is 0.0948 e. The van der Waals surface area contributed by atoms with Crippen LogP contribution in [0, 0.1) is 5.92 Å². The number of aromatic nitrogens is 2. The maximum Gasteiger partial charge on any atom is 0.0948 e. The van der Waals surface area contributed by atoms with E-state index in [9.17, 15) is 0 Å². The summed E-state index contributed by atoms with van der Waals surface area (Å²) in [6.45, 7) is 3.59. The summed E-state index contributed by atoms with van der Waals surface area (Å²) in [7, 11) is 0. The summed E-state index contributed by atoms with van der Waals surface area (Å²) in [4.78, 5) is 4.28. The van der Waals surface area contributed by atoms with Gasteiger partial charge in [0, 0.05) is 24.4 Å². The Kier molecular flexibility index (Phi) is 2.49. The normalized spacial score (nSPS) is 26.0. The Labute approximate surface area is 90.9 Å². The van der Waals surface area contributed by atoms with Crippen LogP contribution < -0.4 is 5.32 Å². The lowest BCUT2D eigenvalue weighted by molar-refractivity contribution is 0.473. The molecule has 0 aromatic carbocycles. The standard InChI is InChI=1S/C12H19N3/c1-2-11(1)12-8-14-9-15(12)6-4-10-3-5-13-7-10/h8-11,13H,1-7H2. The SMILES string of the molecule is c1ncn(CCC2CCNC2)c1C1CC1. The first-order valence-electron chi connectivity index (χ1n) is 6.14. The molecule has 1 saturated carbocycles. The molecule has 2 fully saturated rings. The lowest BCUT2D eigenvalue weighted by Gasteiger charge is -2.10. The number of rotatable bonds is 4. The third-order valence-corrected chi connectivity index (χ3v) is 3.68. The highest BCUT2D eigenvalue weighted by Crippen LogP contribution is 2.39. The largest absolute Gasteiger partial charge is 0.334 e. The summed E-state index contributed by atoms with van der Waals surface area (Å²) >= 11 is 0. The molecule has 15 heavy (non-hydrogen) atoms. The van der Waals surface area contributed by atoms with Crippen molar-refractivity contribution in [2.45, 2.75) is 38.1 Å². The van der Waals surface area contributed by atoms with E-state index in [0.29, 0.717) is 0 Å². The van der Waals surface area contributed by atoms with Gasteiger partial charge in [-0.2, -0.15) is 0 Å². The second-order valence-electron chi connectivity index (χ2n) is 4.93. The Hall–Kier alpha value is -0.830. The highest BCUT2D eigenvalue weighted by atomic mass is 15.1. The zero-order valence-electron chi connectivity index (χ0n) is 9.15. The fraction of sp³-hybridized carbons (Fsp3) is 0.750. The van der Waals surface area contributed by atoms with Gasteiger partial charge in [0.2, 0.25) is 0 Å². The number of aryl methyl sites for hydroxylation is 1. The van der Waals surface area contributed by atoms with Crippen molar-refractivity contribution in [3.8, 4) is 0 Å². The van der Waals surface area contributed by atoms with Crippen molar-refractivity contribution in [2.24, 2.45) is 5.92 Å². The van der Waals surface area contributed by atoms with Gasteiger partial charge in [-0.15, -0.1) is 0 Å². The Morgan fingerprint density at radius 3 is 3.07 bits per heavy atom. The van der Waals surface area contributed by atoms with Gasteiger partial charge in [-0.25, -0.2) is 4.98 Å². The Morgan fingerprint density at radius 1 is 1.40 bits per heavy atom. The molecule has 0 spiro atoms. The fourth-order valence-electron chi connectivity index (χ4n) is 2.52. The van der Waals surface area contributed by atoms with Gasteiger partial charge in [0.1, 0.15) is 0 Å². The minimum atomic E-state index is 0.828. The zero-order chi connectivity index (χ0) is 10.1. The van der Waals surface area contributed by atoms with E-state index in [0.717, 1.165) is 18.4 Å². The van der Waals surface area contributed by atoms with Crippen LogP contribution in [-0.2, 0) is 6.54 Å². The molecule has 1 unspecified atom stereocenters. The Bertz CT molecular complexity index is 321. The van der Waals surface area contributed by atoms with E-state index in [-0.39, 0.29) is 0 Å². The van der Waals surface area contributed by atoms with Gasteiger partial charge < -0.3 is 9.88 Å². The van der Waals surface area contributed by atoms with E-state index in [1.807, 2.05) is 6.33 Å². The van der Waals surface area contributed by atoms with Crippen LogP contribution in [0.5, 0.6) is 0 Å². The molecule has 1 N–H and O–H groups in total. The lowest BCUT2D eigenvalue weighted by atomic mass is 10.1. The van der Waals surface area contributed by atoms with E-state index in [2.05, 4.69) is 21.1 Å². The highest BCUT2D eigenvalue weighted by Gasteiger charge is 2.26. The average molecular weight is 205 g/mol. The van der Waals surface area contributed by atoms with Crippen molar-refractivity contribution >= 4 is 0 Å². The van der Waals surface area contributed by atoms with Gasteiger partial charge in [0.25, 0.3) is 0 Å². The summed E-state index contributed by atoms with van der Waals surface area (Å²) in [5.41, 5.74) is 1.47. The molecule has 3 heteroatoms. The first-order valence-corrected chi connectivity index (χ1v) is 6.14. The number of imidazole rings is 1. The van der Waals surface area contributed by atoms with Crippen LogP contribution in [0.1, 0.15) is 37.3 Å². The quantitative estimate of drug-likeness (QED) is 0.811. The van der Waals surface area contributed by atoms with E-state index >= 15 is 0 Å². The molecule has 3 nitrogen and oxygen atoms in total. The summed E-state index contributed by atoms with van der Waals surface area (Å²) in [6, 6.07) is 0. The molecule has 0 amide bonds. The van der Waals surface area contributed by atoms with Gasteiger partial charge >= 0.3 is 0 Å². The number of nitrogens with one attached hydrogen (secondary N) is 1. The third-order valence-electron chi connectivity index (χ3n) is 3.68. The van der Waals surface area contributed by atoms with Crippen LogP contribution >= 0.6 is 0 Å². The minimum Gasteiger partial charge on any atom is -0.334 e. The van der Waals surface area contributed by atoms with Crippen LogP contribution in [0.25, 0.3) is 0 Å². The van der Waals surface area contributed by atoms with Gasteiger partial charge in [0.15, 0.2) is 0 Å². The minimum absolute atomic E-state index is 0.828. The number of nitrogens with zero attached hydrogens (tertiary/aromatic N) is 2.